The van der Waals surface area contributed by atoms with Crippen molar-refractivity contribution in [1.82, 2.24) is 10.2 Å². The number of carbonyl (C=O) groups is 2. The van der Waals surface area contributed by atoms with Gasteiger partial charge in [-0.2, -0.15) is 0 Å². The molecule has 2 aromatic carbocycles. The van der Waals surface area contributed by atoms with Crippen molar-refractivity contribution < 1.29 is 19.1 Å². The van der Waals surface area contributed by atoms with Gasteiger partial charge in [0.15, 0.2) is 6.61 Å². The molecule has 1 atom stereocenters. The fraction of sp³-hybridized carbons (Fsp3) is 0.440. The number of nitrogens with one attached hydrogen (secondary N) is 1. The average Bonchev–Trinajstić information content (AvgIpc) is 2.77. The minimum absolute atomic E-state index is 0.135. The number of nitrogens with zero attached hydrogens (tertiary/aromatic N) is 1. The summed E-state index contributed by atoms with van der Waals surface area (Å²) in [6.45, 7) is 8.60. The first-order chi connectivity index (χ1) is 14.9. The second-order valence-electron chi connectivity index (χ2n) is 7.67. The Balaban J connectivity index is 2.25. The van der Waals surface area contributed by atoms with Crippen molar-refractivity contribution in [3.05, 3.63) is 59.7 Å². The highest BCUT2D eigenvalue weighted by atomic mass is 16.5. The van der Waals surface area contributed by atoms with Gasteiger partial charge >= 0.3 is 0 Å². The zero-order valence-corrected chi connectivity index (χ0v) is 19.2. The first-order valence-electron chi connectivity index (χ1n) is 10.8. The molecule has 1 N–H and O–H groups in total. The molecular formula is C25H34N2O4. The number of benzene rings is 2. The van der Waals surface area contributed by atoms with Crippen LogP contribution in [0.5, 0.6) is 11.5 Å². The van der Waals surface area contributed by atoms with Crippen molar-refractivity contribution in [2.45, 2.75) is 52.6 Å². The van der Waals surface area contributed by atoms with E-state index in [0.717, 1.165) is 11.1 Å². The van der Waals surface area contributed by atoms with Crippen LogP contribution in [0.3, 0.4) is 0 Å². The summed E-state index contributed by atoms with van der Waals surface area (Å²) in [4.78, 5) is 27.5. The van der Waals surface area contributed by atoms with E-state index in [4.69, 9.17) is 9.47 Å². The number of hydrogen-bond donors (Lipinski definition) is 1. The van der Waals surface area contributed by atoms with Gasteiger partial charge in [-0.05, 0) is 48.6 Å². The molecule has 0 spiro atoms. The number of likely N-dealkylation sites (N-methyl/N-ethyl adjacent to an activating group) is 1. The van der Waals surface area contributed by atoms with Crippen LogP contribution in [0.2, 0.25) is 0 Å². The minimum atomic E-state index is -0.581. The maximum atomic E-state index is 13.3. The summed E-state index contributed by atoms with van der Waals surface area (Å²) in [6, 6.07) is 14.7. The largest absolute Gasteiger partial charge is 0.497 e. The molecule has 0 aliphatic rings. The average molecular weight is 427 g/mol. The van der Waals surface area contributed by atoms with Gasteiger partial charge in [0, 0.05) is 13.1 Å². The Labute approximate surface area is 185 Å². The molecule has 0 heterocycles. The Morgan fingerprint density at radius 1 is 1.06 bits per heavy atom. The van der Waals surface area contributed by atoms with E-state index in [1.54, 1.807) is 12.0 Å². The number of amides is 2. The van der Waals surface area contributed by atoms with Crippen LogP contribution < -0.4 is 14.8 Å². The van der Waals surface area contributed by atoms with E-state index in [0.29, 0.717) is 31.0 Å². The molecule has 0 fully saturated rings. The highest BCUT2D eigenvalue weighted by molar-refractivity contribution is 5.88. The van der Waals surface area contributed by atoms with Gasteiger partial charge in [-0.25, -0.2) is 0 Å². The topological polar surface area (TPSA) is 67.9 Å². The van der Waals surface area contributed by atoms with Gasteiger partial charge in [-0.15, -0.1) is 0 Å². The lowest BCUT2D eigenvalue weighted by Crippen LogP contribution is -2.50. The van der Waals surface area contributed by atoms with Crippen molar-refractivity contribution in [1.29, 1.82) is 0 Å². The van der Waals surface area contributed by atoms with Crippen LogP contribution in [0.4, 0.5) is 0 Å². The highest BCUT2D eigenvalue weighted by Gasteiger charge is 2.29. The van der Waals surface area contributed by atoms with Crippen LogP contribution in [0.15, 0.2) is 48.5 Å². The molecule has 0 unspecified atom stereocenters. The van der Waals surface area contributed by atoms with Gasteiger partial charge in [0.25, 0.3) is 5.91 Å². The third kappa shape index (κ3) is 6.74. The normalized spacial score (nSPS) is 11.7. The number of carbonyl (C=O) groups excluding carboxylic acids is 2. The molecule has 0 radical (unpaired) electrons. The molecule has 0 aliphatic carbocycles. The number of para-hydroxylation sites is 1. The monoisotopic (exact) mass is 426 g/mol. The first kappa shape index (κ1) is 24.3. The molecule has 6 nitrogen and oxygen atoms in total. The van der Waals surface area contributed by atoms with Crippen molar-refractivity contribution in [2.75, 3.05) is 20.3 Å². The van der Waals surface area contributed by atoms with E-state index < -0.39 is 6.04 Å². The second-order valence-corrected chi connectivity index (χ2v) is 7.67. The Bertz CT molecular complexity index is 866. The molecule has 0 saturated heterocycles. The third-order valence-electron chi connectivity index (χ3n) is 5.12. The van der Waals surface area contributed by atoms with Crippen LogP contribution in [0.25, 0.3) is 0 Å². The number of ether oxygens (including phenoxy) is 2. The van der Waals surface area contributed by atoms with Gasteiger partial charge in [0.05, 0.1) is 7.11 Å². The highest BCUT2D eigenvalue weighted by Crippen LogP contribution is 2.26. The van der Waals surface area contributed by atoms with E-state index in [1.807, 2.05) is 62.4 Å². The van der Waals surface area contributed by atoms with Crippen LogP contribution in [0.1, 0.15) is 51.2 Å². The summed E-state index contributed by atoms with van der Waals surface area (Å²) >= 11 is 0. The third-order valence-corrected chi connectivity index (χ3v) is 5.12. The predicted octanol–water partition coefficient (Wildman–Crippen LogP) is 4.14. The lowest BCUT2D eigenvalue weighted by molar-refractivity contribution is -0.142. The van der Waals surface area contributed by atoms with Crippen molar-refractivity contribution in [3.63, 3.8) is 0 Å². The van der Waals surface area contributed by atoms with Gasteiger partial charge in [-0.1, -0.05) is 51.1 Å². The van der Waals surface area contributed by atoms with Crippen molar-refractivity contribution in [3.8, 4) is 11.5 Å². The summed E-state index contributed by atoms with van der Waals surface area (Å²) in [7, 11) is 1.60. The zero-order valence-electron chi connectivity index (χ0n) is 19.2. The molecule has 2 amide bonds. The number of rotatable bonds is 11. The lowest BCUT2D eigenvalue weighted by Gasteiger charge is -2.30. The minimum Gasteiger partial charge on any atom is -0.497 e. The summed E-state index contributed by atoms with van der Waals surface area (Å²) in [5.41, 5.74) is 1.93. The number of hydrogen-bond acceptors (Lipinski definition) is 4. The quantitative estimate of drug-likeness (QED) is 0.586. The van der Waals surface area contributed by atoms with Gasteiger partial charge in [0.1, 0.15) is 17.5 Å². The summed E-state index contributed by atoms with van der Waals surface area (Å²) in [5, 5.41) is 2.84. The Kier molecular flexibility index (Phi) is 9.38. The summed E-state index contributed by atoms with van der Waals surface area (Å²) < 4.78 is 11.2. The molecule has 0 saturated carbocycles. The van der Waals surface area contributed by atoms with Crippen molar-refractivity contribution >= 4 is 11.8 Å². The van der Waals surface area contributed by atoms with E-state index >= 15 is 0 Å². The number of methoxy groups -OCH3 is 1. The molecule has 0 bridgehead atoms. The SMILES string of the molecule is CCNC(=O)[C@@H](CC)N(Cc1cccc(OC)c1)C(=O)COc1ccccc1C(C)C. The van der Waals surface area contributed by atoms with Crippen LogP contribution in [0, 0.1) is 0 Å². The van der Waals surface area contributed by atoms with Crippen LogP contribution in [-0.2, 0) is 16.1 Å². The standard InChI is InChI=1S/C25H34N2O4/c1-6-22(25(29)26-7-2)27(16-19-11-10-12-20(15-19)30-5)24(28)17-31-23-14-9-8-13-21(23)18(3)4/h8-15,18,22H,6-7,16-17H2,1-5H3,(H,26,29)/t22-/m1/s1. The molecule has 2 aromatic rings. The van der Waals surface area contributed by atoms with Gasteiger partial charge in [-0.3, -0.25) is 9.59 Å². The smallest absolute Gasteiger partial charge is 0.261 e. The van der Waals surface area contributed by atoms with E-state index in [2.05, 4.69) is 19.2 Å². The van der Waals surface area contributed by atoms with E-state index in [-0.39, 0.29) is 24.3 Å². The van der Waals surface area contributed by atoms with E-state index in [1.165, 1.54) is 0 Å². The first-order valence-corrected chi connectivity index (χ1v) is 10.8. The van der Waals surface area contributed by atoms with Crippen molar-refractivity contribution in [2.24, 2.45) is 0 Å². The fourth-order valence-electron chi connectivity index (χ4n) is 3.49. The van der Waals surface area contributed by atoms with Gasteiger partial charge < -0.3 is 19.7 Å². The molecule has 0 aliphatic heterocycles. The zero-order chi connectivity index (χ0) is 22.8. The molecule has 2 rings (SSSR count). The summed E-state index contributed by atoms with van der Waals surface area (Å²) in [5.74, 6) is 1.28. The van der Waals surface area contributed by atoms with Gasteiger partial charge in [0.2, 0.25) is 5.91 Å². The molecule has 6 heteroatoms. The molecule has 168 valence electrons. The Hall–Kier alpha value is -3.02. The lowest BCUT2D eigenvalue weighted by atomic mass is 10.0. The Morgan fingerprint density at radius 2 is 1.81 bits per heavy atom. The molecular weight excluding hydrogens is 392 g/mol. The second kappa shape index (κ2) is 12.0. The van der Waals surface area contributed by atoms with Crippen LogP contribution >= 0.6 is 0 Å². The summed E-state index contributed by atoms with van der Waals surface area (Å²) in [6.07, 6.45) is 0.504. The predicted molar refractivity (Wildman–Crippen MR) is 122 cm³/mol. The fourth-order valence-corrected chi connectivity index (χ4v) is 3.49. The Morgan fingerprint density at radius 3 is 2.45 bits per heavy atom. The molecule has 0 aromatic heterocycles. The maximum Gasteiger partial charge on any atom is 0.261 e. The molecule has 31 heavy (non-hydrogen) atoms. The maximum absolute atomic E-state index is 13.3. The van der Waals surface area contributed by atoms with Crippen LogP contribution in [-0.4, -0.2) is 43.0 Å². The van der Waals surface area contributed by atoms with E-state index in [9.17, 15) is 9.59 Å².